The van der Waals surface area contributed by atoms with Crippen molar-refractivity contribution in [2.75, 3.05) is 26.7 Å². The van der Waals surface area contributed by atoms with Crippen molar-refractivity contribution in [2.24, 2.45) is 0 Å². The zero-order valence-electron chi connectivity index (χ0n) is 13.9. The predicted molar refractivity (Wildman–Crippen MR) is 86.8 cm³/mol. The number of carbonyl (C=O) groups excluding carboxylic acids is 1. The minimum atomic E-state index is 0.0722. The molecule has 0 fully saturated rings. The first-order valence-corrected chi connectivity index (χ1v) is 7.56. The average Bonchev–Trinajstić information content (AvgIpc) is 2.37. The van der Waals surface area contributed by atoms with E-state index in [1.165, 1.54) is 5.56 Å². The van der Waals surface area contributed by atoms with Gasteiger partial charge in [0.2, 0.25) is 5.91 Å². The van der Waals surface area contributed by atoms with E-state index in [-0.39, 0.29) is 11.9 Å². The molecule has 21 heavy (non-hydrogen) atoms. The third-order valence-corrected chi connectivity index (χ3v) is 3.15. The standard InChI is InChI=1S/C17H28N2O2/c1-13(2)18-17(20)12-19(5)9-6-10-21-16-11-14(3)7-8-15(16)4/h7-8,11,13H,6,9-10,12H2,1-5H3,(H,18,20). The number of amides is 1. The second kappa shape index (κ2) is 8.67. The van der Waals surface area contributed by atoms with Gasteiger partial charge in [0.25, 0.3) is 0 Å². The molecule has 0 atom stereocenters. The van der Waals surface area contributed by atoms with Crippen LogP contribution in [0.4, 0.5) is 0 Å². The van der Waals surface area contributed by atoms with E-state index < -0.39 is 0 Å². The number of carbonyl (C=O) groups is 1. The van der Waals surface area contributed by atoms with Crippen LogP contribution in [0.2, 0.25) is 0 Å². The van der Waals surface area contributed by atoms with E-state index >= 15 is 0 Å². The molecule has 1 N–H and O–H groups in total. The number of aryl methyl sites for hydroxylation is 2. The highest BCUT2D eigenvalue weighted by Crippen LogP contribution is 2.19. The molecule has 0 aliphatic heterocycles. The largest absolute Gasteiger partial charge is 0.493 e. The summed E-state index contributed by atoms with van der Waals surface area (Å²) in [4.78, 5) is 13.6. The molecule has 0 spiro atoms. The van der Waals surface area contributed by atoms with Crippen LogP contribution in [0.15, 0.2) is 18.2 Å². The lowest BCUT2D eigenvalue weighted by molar-refractivity contribution is -0.122. The maximum atomic E-state index is 11.6. The predicted octanol–water partition coefficient (Wildman–Crippen LogP) is 2.53. The Kier molecular flexibility index (Phi) is 7.23. The highest BCUT2D eigenvalue weighted by atomic mass is 16.5. The van der Waals surface area contributed by atoms with Crippen LogP contribution >= 0.6 is 0 Å². The smallest absolute Gasteiger partial charge is 0.234 e. The average molecular weight is 292 g/mol. The minimum Gasteiger partial charge on any atom is -0.493 e. The van der Waals surface area contributed by atoms with E-state index in [0.717, 1.165) is 24.3 Å². The van der Waals surface area contributed by atoms with Gasteiger partial charge in [-0.2, -0.15) is 0 Å². The van der Waals surface area contributed by atoms with Gasteiger partial charge in [0.1, 0.15) is 5.75 Å². The number of likely N-dealkylation sites (N-methyl/N-ethyl adjacent to an activating group) is 1. The van der Waals surface area contributed by atoms with Gasteiger partial charge in [0.05, 0.1) is 13.2 Å². The Bertz CT molecular complexity index is 458. The number of nitrogens with one attached hydrogen (secondary N) is 1. The fourth-order valence-electron chi connectivity index (χ4n) is 2.07. The highest BCUT2D eigenvalue weighted by molar-refractivity contribution is 5.78. The van der Waals surface area contributed by atoms with Gasteiger partial charge in [-0.05, 0) is 58.4 Å². The summed E-state index contributed by atoms with van der Waals surface area (Å²) in [6.45, 7) is 9.99. The van der Waals surface area contributed by atoms with E-state index in [9.17, 15) is 4.79 Å². The van der Waals surface area contributed by atoms with E-state index in [0.29, 0.717) is 13.2 Å². The third-order valence-electron chi connectivity index (χ3n) is 3.15. The van der Waals surface area contributed by atoms with Crippen LogP contribution in [0, 0.1) is 13.8 Å². The fourth-order valence-corrected chi connectivity index (χ4v) is 2.07. The maximum absolute atomic E-state index is 11.6. The molecule has 0 heterocycles. The van der Waals surface area contributed by atoms with Gasteiger partial charge in [0.15, 0.2) is 0 Å². The van der Waals surface area contributed by atoms with Crippen molar-refractivity contribution >= 4 is 5.91 Å². The van der Waals surface area contributed by atoms with Gasteiger partial charge in [-0.15, -0.1) is 0 Å². The molecule has 0 bridgehead atoms. The Morgan fingerprint density at radius 3 is 2.71 bits per heavy atom. The topological polar surface area (TPSA) is 41.6 Å². The number of hydrogen-bond acceptors (Lipinski definition) is 3. The Hall–Kier alpha value is -1.55. The zero-order chi connectivity index (χ0) is 15.8. The van der Waals surface area contributed by atoms with Crippen molar-refractivity contribution in [3.05, 3.63) is 29.3 Å². The molecule has 0 saturated carbocycles. The van der Waals surface area contributed by atoms with Crippen LogP contribution < -0.4 is 10.1 Å². The second-order valence-corrected chi connectivity index (χ2v) is 5.93. The number of hydrogen-bond donors (Lipinski definition) is 1. The summed E-state index contributed by atoms with van der Waals surface area (Å²) in [5.41, 5.74) is 2.36. The van der Waals surface area contributed by atoms with E-state index in [4.69, 9.17) is 4.74 Å². The van der Waals surface area contributed by atoms with Crippen LogP contribution in [0.25, 0.3) is 0 Å². The molecule has 0 saturated heterocycles. The zero-order valence-corrected chi connectivity index (χ0v) is 13.9. The molecule has 0 aliphatic rings. The summed E-state index contributed by atoms with van der Waals surface area (Å²) in [7, 11) is 1.96. The lowest BCUT2D eigenvalue weighted by Crippen LogP contribution is -2.39. The molecule has 118 valence electrons. The summed E-state index contributed by atoms with van der Waals surface area (Å²) < 4.78 is 5.81. The lowest BCUT2D eigenvalue weighted by atomic mass is 10.1. The van der Waals surface area contributed by atoms with Crippen molar-refractivity contribution in [1.29, 1.82) is 0 Å². The summed E-state index contributed by atoms with van der Waals surface area (Å²) in [5.74, 6) is 1.03. The van der Waals surface area contributed by atoms with Gasteiger partial charge in [-0.1, -0.05) is 12.1 Å². The lowest BCUT2D eigenvalue weighted by Gasteiger charge is -2.17. The first-order chi connectivity index (χ1) is 9.88. The normalized spacial score (nSPS) is 11.0. The van der Waals surface area contributed by atoms with Gasteiger partial charge in [-0.25, -0.2) is 0 Å². The third kappa shape index (κ3) is 7.14. The van der Waals surface area contributed by atoms with E-state index in [2.05, 4.69) is 37.4 Å². The summed E-state index contributed by atoms with van der Waals surface area (Å²) in [6.07, 6.45) is 0.902. The Balaban J connectivity index is 2.24. The number of benzene rings is 1. The second-order valence-electron chi connectivity index (χ2n) is 5.93. The minimum absolute atomic E-state index is 0.0722. The van der Waals surface area contributed by atoms with Gasteiger partial charge < -0.3 is 10.1 Å². The van der Waals surface area contributed by atoms with Crippen molar-refractivity contribution in [1.82, 2.24) is 10.2 Å². The summed E-state index contributed by atoms with van der Waals surface area (Å²) in [5, 5.41) is 2.89. The molecule has 0 aromatic heterocycles. The Morgan fingerprint density at radius 2 is 2.05 bits per heavy atom. The van der Waals surface area contributed by atoms with Crippen LogP contribution in [0.3, 0.4) is 0 Å². The van der Waals surface area contributed by atoms with Crippen LogP contribution in [-0.2, 0) is 4.79 Å². The molecule has 0 aliphatic carbocycles. The SMILES string of the molecule is Cc1ccc(C)c(OCCCN(C)CC(=O)NC(C)C)c1. The van der Waals surface area contributed by atoms with Crippen molar-refractivity contribution in [3.8, 4) is 5.75 Å². The number of ether oxygens (including phenoxy) is 1. The number of nitrogens with zero attached hydrogens (tertiary/aromatic N) is 1. The van der Waals surface area contributed by atoms with Crippen molar-refractivity contribution in [2.45, 2.75) is 40.2 Å². The molecule has 4 nitrogen and oxygen atoms in total. The molecule has 1 rings (SSSR count). The maximum Gasteiger partial charge on any atom is 0.234 e. The summed E-state index contributed by atoms with van der Waals surface area (Å²) >= 11 is 0. The first-order valence-electron chi connectivity index (χ1n) is 7.56. The van der Waals surface area contributed by atoms with Gasteiger partial charge in [-0.3, -0.25) is 9.69 Å². The monoisotopic (exact) mass is 292 g/mol. The molecular formula is C17H28N2O2. The molecule has 0 unspecified atom stereocenters. The fraction of sp³-hybridized carbons (Fsp3) is 0.588. The molecule has 1 amide bonds. The molecule has 1 aromatic carbocycles. The number of rotatable bonds is 8. The quantitative estimate of drug-likeness (QED) is 0.749. The molecular weight excluding hydrogens is 264 g/mol. The molecule has 4 heteroatoms. The Labute approximate surface area is 128 Å². The van der Waals surface area contributed by atoms with Gasteiger partial charge >= 0.3 is 0 Å². The highest BCUT2D eigenvalue weighted by Gasteiger charge is 2.07. The Morgan fingerprint density at radius 1 is 1.33 bits per heavy atom. The van der Waals surface area contributed by atoms with Crippen molar-refractivity contribution < 1.29 is 9.53 Å². The molecule has 0 radical (unpaired) electrons. The van der Waals surface area contributed by atoms with Crippen molar-refractivity contribution in [3.63, 3.8) is 0 Å². The van der Waals surface area contributed by atoms with E-state index in [1.807, 2.05) is 25.8 Å². The van der Waals surface area contributed by atoms with E-state index in [1.54, 1.807) is 0 Å². The van der Waals surface area contributed by atoms with Gasteiger partial charge in [0, 0.05) is 12.6 Å². The van der Waals surface area contributed by atoms with Crippen LogP contribution in [0.5, 0.6) is 5.75 Å². The first kappa shape index (κ1) is 17.5. The molecule has 1 aromatic rings. The van der Waals surface area contributed by atoms with Crippen LogP contribution in [0.1, 0.15) is 31.4 Å². The van der Waals surface area contributed by atoms with Crippen LogP contribution in [-0.4, -0.2) is 43.6 Å². The summed E-state index contributed by atoms with van der Waals surface area (Å²) in [6, 6.07) is 6.42.